The molecule has 0 bridgehead atoms. The predicted molar refractivity (Wildman–Crippen MR) is 69.7 cm³/mol. The van der Waals surface area contributed by atoms with Crippen LogP contribution in [0.25, 0.3) is 0 Å². The molecule has 0 spiro atoms. The number of rotatable bonds is 9. The standard InChI is InChI=1S/C12H25NS/c1-4-5-6-7-8-9-10-14-11-12(2)13-3/h4-11H2,1-3H3/b13-12+. The molecule has 0 aromatic rings. The first-order valence-corrected chi connectivity index (χ1v) is 6.96. The molecule has 0 aliphatic heterocycles. The summed E-state index contributed by atoms with van der Waals surface area (Å²) in [5.74, 6) is 2.42. The third kappa shape index (κ3) is 10.1. The Kier molecular flexibility index (Phi) is 11.1. The van der Waals surface area contributed by atoms with Crippen molar-refractivity contribution in [3.8, 4) is 0 Å². The average Bonchev–Trinajstić information content (AvgIpc) is 2.21. The van der Waals surface area contributed by atoms with Gasteiger partial charge in [-0.05, 0) is 19.1 Å². The van der Waals surface area contributed by atoms with E-state index in [1.54, 1.807) is 0 Å². The van der Waals surface area contributed by atoms with Crippen LogP contribution in [-0.4, -0.2) is 24.3 Å². The summed E-state index contributed by atoms with van der Waals surface area (Å²) in [6, 6.07) is 0. The van der Waals surface area contributed by atoms with Crippen molar-refractivity contribution >= 4 is 17.5 Å². The van der Waals surface area contributed by atoms with Crippen molar-refractivity contribution in [3.63, 3.8) is 0 Å². The zero-order chi connectivity index (χ0) is 10.6. The maximum absolute atomic E-state index is 4.14. The van der Waals surface area contributed by atoms with Gasteiger partial charge in [-0.1, -0.05) is 39.0 Å². The van der Waals surface area contributed by atoms with E-state index in [-0.39, 0.29) is 0 Å². The van der Waals surface area contributed by atoms with Gasteiger partial charge < -0.3 is 0 Å². The summed E-state index contributed by atoms with van der Waals surface area (Å²) in [6.45, 7) is 4.37. The molecule has 0 N–H and O–H groups in total. The fourth-order valence-corrected chi connectivity index (χ4v) is 2.25. The molecule has 0 aromatic carbocycles. The third-order valence-electron chi connectivity index (χ3n) is 2.33. The Labute approximate surface area is 93.8 Å². The quantitative estimate of drug-likeness (QED) is 0.415. The summed E-state index contributed by atoms with van der Waals surface area (Å²) < 4.78 is 0. The molecule has 84 valence electrons. The molecule has 0 rings (SSSR count). The molecule has 0 atom stereocenters. The van der Waals surface area contributed by atoms with E-state index in [2.05, 4.69) is 18.8 Å². The van der Waals surface area contributed by atoms with Gasteiger partial charge in [-0.2, -0.15) is 11.8 Å². The second-order valence-electron chi connectivity index (χ2n) is 3.78. The minimum Gasteiger partial charge on any atom is -0.297 e. The molecule has 0 aliphatic carbocycles. The lowest BCUT2D eigenvalue weighted by atomic mass is 10.1. The molecule has 0 radical (unpaired) electrons. The van der Waals surface area contributed by atoms with Crippen LogP contribution in [0.3, 0.4) is 0 Å². The minimum absolute atomic E-state index is 1.12. The van der Waals surface area contributed by atoms with Crippen LogP contribution in [0.5, 0.6) is 0 Å². The van der Waals surface area contributed by atoms with Crippen LogP contribution in [0.15, 0.2) is 4.99 Å². The Morgan fingerprint density at radius 3 is 2.36 bits per heavy atom. The number of nitrogens with zero attached hydrogens (tertiary/aromatic N) is 1. The topological polar surface area (TPSA) is 12.4 Å². The Bertz CT molecular complexity index is 143. The molecule has 14 heavy (non-hydrogen) atoms. The SMILES string of the molecule is CCCCCCCCSC/C(C)=N/C. The van der Waals surface area contributed by atoms with Crippen molar-refractivity contribution in [1.82, 2.24) is 0 Å². The van der Waals surface area contributed by atoms with E-state index in [0.717, 1.165) is 5.75 Å². The summed E-state index contributed by atoms with van der Waals surface area (Å²) in [5.41, 5.74) is 1.26. The maximum Gasteiger partial charge on any atom is 0.0311 e. The highest BCUT2D eigenvalue weighted by molar-refractivity contribution is 7.99. The lowest BCUT2D eigenvalue weighted by Crippen LogP contribution is -1.95. The van der Waals surface area contributed by atoms with Gasteiger partial charge >= 0.3 is 0 Å². The first-order valence-electron chi connectivity index (χ1n) is 5.81. The van der Waals surface area contributed by atoms with Gasteiger partial charge in [-0.15, -0.1) is 0 Å². The molecule has 2 heteroatoms. The van der Waals surface area contributed by atoms with Crippen LogP contribution in [0, 0.1) is 0 Å². The van der Waals surface area contributed by atoms with Gasteiger partial charge in [0, 0.05) is 18.5 Å². The number of hydrogen-bond donors (Lipinski definition) is 0. The largest absolute Gasteiger partial charge is 0.297 e. The number of hydrogen-bond acceptors (Lipinski definition) is 2. The highest BCUT2D eigenvalue weighted by Crippen LogP contribution is 2.09. The first-order chi connectivity index (χ1) is 6.81. The van der Waals surface area contributed by atoms with E-state index in [1.165, 1.54) is 50.0 Å². The van der Waals surface area contributed by atoms with E-state index in [9.17, 15) is 0 Å². The fourth-order valence-electron chi connectivity index (χ4n) is 1.27. The van der Waals surface area contributed by atoms with Crippen LogP contribution in [-0.2, 0) is 0 Å². The normalized spacial score (nSPS) is 12.1. The van der Waals surface area contributed by atoms with Gasteiger partial charge in [-0.3, -0.25) is 4.99 Å². The van der Waals surface area contributed by atoms with E-state index in [0.29, 0.717) is 0 Å². The highest BCUT2D eigenvalue weighted by Gasteiger charge is 1.93. The van der Waals surface area contributed by atoms with Crippen molar-refractivity contribution in [2.45, 2.75) is 52.4 Å². The van der Waals surface area contributed by atoms with Gasteiger partial charge in [0.15, 0.2) is 0 Å². The summed E-state index contributed by atoms with van der Waals surface area (Å²) >= 11 is 2.02. The summed E-state index contributed by atoms with van der Waals surface area (Å²) in [7, 11) is 1.88. The van der Waals surface area contributed by atoms with E-state index in [4.69, 9.17) is 0 Å². The molecular weight excluding hydrogens is 190 g/mol. The Hall–Kier alpha value is 0.0200. The van der Waals surface area contributed by atoms with Crippen molar-refractivity contribution < 1.29 is 0 Å². The van der Waals surface area contributed by atoms with Crippen LogP contribution >= 0.6 is 11.8 Å². The van der Waals surface area contributed by atoms with Gasteiger partial charge in [-0.25, -0.2) is 0 Å². The number of aliphatic imine (C=N–C) groups is 1. The Morgan fingerprint density at radius 2 is 1.71 bits per heavy atom. The van der Waals surface area contributed by atoms with E-state index < -0.39 is 0 Å². The lowest BCUT2D eigenvalue weighted by Gasteiger charge is -2.01. The monoisotopic (exact) mass is 215 g/mol. The molecular formula is C12H25NS. The van der Waals surface area contributed by atoms with Crippen LogP contribution in [0.2, 0.25) is 0 Å². The van der Waals surface area contributed by atoms with Gasteiger partial charge in [0.1, 0.15) is 0 Å². The number of unbranched alkanes of at least 4 members (excludes halogenated alkanes) is 5. The fraction of sp³-hybridized carbons (Fsp3) is 0.917. The molecule has 0 heterocycles. The lowest BCUT2D eigenvalue weighted by molar-refractivity contribution is 0.627. The first kappa shape index (κ1) is 14.0. The second kappa shape index (κ2) is 11.1. The molecule has 0 amide bonds. The predicted octanol–water partition coefficient (Wildman–Crippen LogP) is 4.17. The molecule has 0 unspecified atom stereocenters. The van der Waals surface area contributed by atoms with Gasteiger partial charge in [0.05, 0.1) is 0 Å². The second-order valence-corrected chi connectivity index (χ2v) is 4.88. The van der Waals surface area contributed by atoms with Gasteiger partial charge in [0.2, 0.25) is 0 Å². The molecule has 1 nitrogen and oxygen atoms in total. The van der Waals surface area contributed by atoms with Crippen molar-refractivity contribution in [3.05, 3.63) is 0 Å². The zero-order valence-electron chi connectivity index (χ0n) is 10.0. The van der Waals surface area contributed by atoms with E-state index >= 15 is 0 Å². The van der Waals surface area contributed by atoms with Gasteiger partial charge in [0.25, 0.3) is 0 Å². The maximum atomic E-state index is 4.14. The summed E-state index contributed by atoms with van der Waals surface area (Å²) in [5, 5.41) is 0. The smallest absolute Gasteiger partial charge is 0.0311 e. The molecule has 0 saturated heterocycles. The number of thioether (sulfide) groups is 1. The Balaban J connectivity index is 2.99. The minimum atomic E-state index is 1.12. The van der Waals surface area contributed by atoms with E-state index in [1.807, 2.05) is 18.8 Å². The van der Waals surface area contributed by atoms with Crippen LogP contribution in [0.4, 0.5) is 0 Å². The van der Waals surface area contributed by atoms with Crippen molar-refractivity contribution in [2.75, 3.05) is 18.6 Å². The van der Waals surface area contributed by atoms with Crippen molar-refractivity contribution in [1.29, 1.82) is 0 Å². The molecule has 0 saturated carbocycles. The average molecular weight is 215 g/mol. The molecule has 0 aliphatic rings. The highest BCUT2D eigenvalue weighted by atomic mass is 32.2. The third-order valence-corrected chi connectivity index (χ3v) is 3.53. The van der Waals surface area contributed by atoms with Crippen LogP contribution in [0.1, 0.15) is 52.4 Å². The molecule has 0 fully saturated rings. The summed E-state index contributed by atoms with van der Waals surface area (Å²) in [4.78, 5) is 4.14. The zero-order valence-corrected chi connectivity index (χ0v) is 10.8. The van der Waals surface area contributed by atoms with Crippen molar-refractivity contribution in [2.24, 2.45) is 4.99 Å². The molecule has 0 aromatic heterocycles. The summed E-state index contributed by atoms with van der Waals surface area (Å²) in [6.07, 6.45) is 8.40. The Morgan fingerprint density at radius 1 is 1.07 bits per heavy atom. The van der Waals surface area contributed by atoms with Crippen LogP contribution < -0.4 is 0 Å².